The zero-order valence-electron chi connectivity index (χ0n) is 12.2. The number of nitrogen functional groups attached to an aromatic ring is 1. The maximum atomic E-state index is 11.8. The predicted octanol–water partition coefficient (Wildman–Crippen LogP) is 1.15. The highest BCUT2D eigenvalue weighted by Gasteiger charge is 2.10. The van der Waals surface area contributed by atoms with E-state index in [0.717, 1.165) is 5.69 Å². The molecule has 0 atom stereocenters. The standard InChI is InChI=1S/C14H22N2O4/c1-16(2)13-5-4-11(10-12(13)15)14(17)20-9-8-19-7-6-18-3/h4-5,10H,6-9,15H2,1-3H3. The van der Waals surface area contributed by atoms with Gasteiger partial charge in [-0.15, -0.1) is 0 Å². The van der Waals surface area contributed by atoms with Crippen LogP contribution in [0.2, 0.25) is 0 Å². The van der Waals surface area contributed by atoms with E-state index in [-0.39, 0.29) is 6.61 Å². The number of methoxy groups -OCH3 is 1. The minimum Gasteiger partial charge on any atom is -0.460 e. The molecule has 0 spiro atoms. The monoisotopic (exact) mass is 282 g/mol. The zero-order valence-corrected chi connectivity index (χ0v) is 12.2. The molecular formula is C14H22N2O4. The number of carbonyl (C=O) groups is 1. The highest BCUT2D eigenvalue weighted by atomic mass is 16.6. The quantitative estimate of drug-likeness (QED) is 0.438. The van der Waals surface area contributed by atoms with Gasteiger partial charge in [-0.2, -0.15) is 0 Å². The van der Waals surface area contributed by atoms with Gasteiger partial charge in [0.05, 0.1) is 36.8 Å². The average molecular weight is 282 g/mol. The fraction of sp³-hybridized carbons (Fsp3) is 0.500. The van der Waals surface area contributed by atoms with Crippen molar-refractivity contribution in [2.45, 2.75) is 0 Å². The van der Waals surface area contributed by atoms with Gasteiger partial charge >= 0.3 is 5.97 Å². The molecule has 0 saturated carbocycles. The number of hydrogen-bond donors (Lipinski definition) is 1. The van der Waals surface area contributed by atoms with Gasteiger partial charge in [0.25, 0.3) is 0 Å². The van der Waals surface area contributed by atoms with E-state index in [1.165, 1.54) is 0 Å². The van der Waals surface area contributed by atoms with Crippen LogP contribution in [-0.2, 0) is 14.2 Å². The molecule has 0 aliphatic heterocycles. The van der Waals surface area contributed by atoms with Crippen LogP contribution < -0.4 is 10.6 Å². The van der Waals surface area contributed by atoms with Gasteiger partial charge in [-0.25, -0.2) is 4.79 Å². The number of esters is 1. The van der Waals surface area contributed by atoms with Crippen LogP contribution in [0.1, 0.15) is 10.4 Å². The number of ether oxygens (including phenoxy) is 3. The van der Waals surface area contributed by atoms with Gasteiger partial charge < -0.3 is 24.8 Å². The highest BCUT2D eigenvalue weighted by molar-refractivity contribution is 5.92. The summed E-state index contributed by atoms with van der Waals surface area (Å²) < 4.78 is 15.1. The number of hydrogen-bond acceptors (Lipinski definition) is 6. The number of nitrogens with zero attached hydrogens (tertiary/aromatic N) is 1. The van der Waals surface area contributed by atoms with Crippen molar-refractivity contribution in [3.05, 3.63) is 23.8 Å². The smallest absolute Gasteiger partial charge is 0.338 e. The van der Waals surface area contributed by atoms with Crippen molar-refractivity contribution in [2.24, 2.45) is 0 Å². The SMILES string of the molecule is COCCOCCOC(=O)c1ccc(N(C)C)c(N)c1. The Labute approximate surface area is 119 Å². The predicted molar refractivity (Wildman–Crippen MR) is 78.2 cm³/mol. The molecule has 2 N–H and O–H groups in total. The largest absolute Gasteiger partial charge is 0.460 e. The van der Waals surface area contributed by atoms with Gasteiger partial charge in [0.1, 0.15) is 6.61 Å². The summed E-state index contributed by atoms with van der Waals surface area (Å²) in [6.07, 6.45) is 0. The Bertz CT molecular complexity index is 435. The van der Waals surface area contributed by atoms with Crippen molar-refractivity contribution in [3.63, 3.8) is 0 Å². The van der Waals surface area contributed by atoms with Crippen molar-refractivity contribution in [1.29, 1.82) is 0 Å². The van der Waals surface area contributed by atoms with Gasteiger partial charge in [0.15, 0.2) is 0 Å². The molecule has 0 saturated heterocycles. The summed E-state index contributed by atoms with van der Waals surface area (Å²) in [5, 5.41) is 0. The molecule has 0 heterocycles. The fourth-order valence-electron chi connectivity index (χ4n) is 1.61. The van der Waals surface area contributed by atoms with E-state index in [1.807, 2.05) is 19.0 Å². The van der Waals surface area contributed by atoms with Crippen molar-refractivity contribution >= 4 is 17.3 Å². The summed E-state index contributed by atoms with van der Waals surface area (Å²) in [6, 6.07) is 5.10. The molecule has 0 aliphatic carbocycles. The molecule has 1 aromatic carbocycles. The first-order valence-corrected chi connectivity index (χ1v) is 6.37. The first-order chi connectivity index (χ1) is 9.56. The lowest BCUT2D eigenvalue weighted by Gasteiger charge is -2.15. The van der Waals surface area contributed by atoms with Crippen LogP contribution in [0.5, 0.6) is 0 Å². The van der Waals surface area contributed by atoms with Gasteiger partial charge in [-0.3, -0.25) is 0 Å². The minimum absolute atomic E-state index is 0.206. The number of rotatable bonds is 8. The third-order valence-electron chi connectivity index (χ3n) is 2.64. The Kier molecular flexibility index (Phi) is 6.83. The van der Waals surface area contributed by atoms with E-state index in [4.69, 9.17) is 19.9 Å². The molecule has 0 radical (unpaired) electrons. The van der Waals surface area contributed by atoms with E-state index >= 15 is 0 Å². The lowest BCUT2D eigenvalue weighted by atomic mass is 10.1. The summed E-state index contributed by atoms with van der Waals surface area (Å²) in [5.41, 5.74) is 7.72. The number of carbonyl (C=O) groups excluding carboxylic acids is 1. The maximum absolute atomic E-state index is 11.8. The Morgan fingerprint density at radius 3 is 2.50 bits per heavy atom. The summed E-state index contributed by atoms with van der Waals surface area (Å²) in [5.74, 6) is -0.405. The van der Waals surface area contributed by atoms with Crippen LogP contribution in [-0.4, -0.2) is 53.6 Å². The van der Waals surface area contributed by atoms with Gasteiger partial charge in [-0.05, 0) is 18.2 Å². The molecule has 1 rings (SSSR count). The Hall–Kier alpha value is -1.79. The number of anilines is 2. The van der Waals surface area contributed by atoms with E-state index in [1.54, 1.807) is 25.3 Å². The number of benzene rings is 1. The molecule has 0 amide bonds. The zero-order chi connectivity index (χ0) is 15.0. The summed E-state index contributed by atoms with van der Waals surface area (Å²) >= 11 is 0. The molecule has 0 fully saturated rings. The second kappa shape index (κ2) is 8.39. The van der Waals surface area contributed by atoms with Crippen LogP contribution in [0.4, 0.5) is 11.4 Å². The second-order valence-electron chi connectivity index (χ2n) is 4.41. The molecule has 20 heavy (non-hydrogen) atoms. The van der Waals surface area contributed by atoms with Gasteiger partial charge in [0, 0.05) is 21.2 Å². The van der Waals surface area contributed by atoms with Gasteiger partial charge in [0.2, 0.25) is 0 Å². The molecule has 0 bridgehead atoms. The molecule has 0 aromatic heterocycles. The molecular weight excluding hydrogens is 260 g/mol. The summed E-state index contributed by atoms with van der Waals surface area (Å²) in [6.45, 7) is 1.56. The van der Waals surface area contributed by atoms with Crippen LogP contribution in [0.25, 0.3) is 0 Å². The maximum Gasteiger partial charge on any atom is 0.338 e. The molecule has 0 unspecified atom stereocenters. The van der Waals surface area contributed by atoms with Crippen LogP contribution in [0.15, 0.2) is 18.2 Å². The van der Waals surface area contributed by atoms with Gasteiger partial charge in [-0.1, -0.05) is 0 Å². The third kappa shape index (κ3) is 5.07. The summed E-state index contributed by atoms with van der Waals surface area (Å²) in [4.78, 5) is 13.7. The molecule has 6 nitrogen and oxygen atoms in total. The van der Waals surface area contributed by atoms with E-state index < -0.39 is 5.97 Å². The first kappa shape index (κ1) is 16.3. The van der Waals surface area contributed by atoms with Crippen LogP contribution in [0.3, 0.4) is 0 Å². The van der Waals surface area contributed by atoms with E-state index in [0.29, 0.717) is 31.1 Å². The third-order valence-corrected chi connectivity index (χ3v) is 2.64. The summed E-state index contributed by atoms with van der Waals surface area (Å²) in [7, 11) is 5.38. The average Bonchev–Trinajstić information content (AvgIpc) is 2.41. The lowest BCUT2D eigenvalue weighted by molar-refractivity contribution is 0.0214. The van der Waals surface area contributed by atoms with Crippen molar-refractivity contribution < 1.29 is 19.0 Å². The lowest BCUT2D eigenvalue weighted by Crippen LogP contribution is -2.14. The molecule has 1 aromatic rings. The van der Waals surface area contributed by atoms with Crippen LogP contribution >= 0.6 is 0 Å². The molecule has 6 heteroatoms. The van der Waals surface area contributed by atoms with Crippen molar-refractivity contribution in [2.75, 3.05) is 58.3 Å². The topological polar surface area (TPSA) is 74.0 Å². The van der Waals surface area contributed by atoms with E-state index in [9.17, 15) is 4.79 Å². The number of nitrogens with two attached hydrogens (primary N) is 1. The second-order valence-corrected chi connectivity index (χ2v) is 4.41. The molecule has 112 valence electrons. The van der Waals surface area contributed by atoms with Crippen molar-refractivity contribution in [1.82, 2.24) is 0 Å². The minimum atomic E-state index is -0.405. The Morgan fingerprint density at radius 2 is 1.90 bits per heavy atom. The Balaban J connectivity index is 2.42. The first-order valence-electron chi connectivity index (χ1n) is 6.37. The fourth-order valence-corrected chi connectivity index (χ4v) is 1.61. The normalized spacial score (nSPS) is 10.3. The molecule has 0 aliphatic rings. The van der Waals surface area contributed by atoms with Crippen molar-refractivity contribution in [3.8, 4) is 0 Å². The highest BCUT2D eigenvalue weighted by Crippen LogP contribution is 2.22. The van der Waals surface area contributed by atoms with Crippen LogP contribution in [0, 0.1) is 0 Å². The Morgan fingerprint density at radius 1 is 1.20 bits per heavy atom. The van der Waals surface area contributed by atoms with E-state index in [2.05, 4.69) is 0 Å².